The third-order valence-corrected chi connectivity index (χ3v) is 3.75. The average Bonchev–Trinajstić information content (AvgIpc) is 2.84. The molecule has 0 radical (unpaired) electrons. The van der Waals surface area contributed by atoms with Crippen LogP contribution in [-0.4, -0.2) is 28.1 Å². The molecule has 4 nitrogen and oxygen atoms in total. The number of aromatic nitrogens is 2. The van der Waals surface area contributed by atoms with Crippen molar-refractivity contribution in [1.82, 2.24) is 9.78 Å². The summed E-state index contributed by atoms with van der Waals surface area (Å²) in [5.41, 5.74) is 1.15. The summed E-state index contributed by atoms with van der Waals surface area (Å²) in [6.45, 7) is 5.25. The Labute approximate surface area is 103 Å². The van der Waals surface area contributed by atoms with Crippen LogP contribution in [0.5, 0.6) is 5.75 Å². The number of aliphatic hydroxyl groups is 1. The molecule has 1 saturated carbocycles. The van der Waals surface area contributed by atoms with Crippen LogP contribution in [0.4, 0.5) is 0 Å². The molecule has 96 valence electrons. The lowest BCUT2D eigenvalue weighted by molar-refractivity contribution is 0.173. The molecule has 1 aromatic rings. The van der Waals surface area contributed by atoms with Gasteiger partial charge in [0.15, 0.2) is 5.75 Å². The van der Waals surface area contributed by atoms with Crippen molar-refractivity contribution in [3.63, 3.8) is 0 Å². The van der Waals surface area contributed by atoms with Gasteiger partial charge in [-0.15, -0.1) is 0 Å². The van der Waals surface area contributed by atoms with E-state index in [2.05, 4.69) is 18.9 Å². The van der Waals surface area contributed by atoms with Gasteiger partial charge in [-0.25, -0.2) is 0 Å². The predicted octanol–water partition coefficient (Wildman–Crippen LogP) is 2.10. The quantitative estimate of drug-likeness (QED) is 0.874. The fourth-order valence-corrected chi connectivity index (χ4v) is 2.93. The Morgan fingerprint density at radius 1 is 1.65 bits per heavy atom. The molecule has 2 atom stereocenters. The highest BCUT2D eigenvalue weighted by atomic mass is 16.5. The Balaban J connectivity index is 2.38. The molecule has 1 aliphatic rings. The third-order valence-electron chi connectivity index (χ3n) is 3.75. The zero-order chi connectivity index (χ0) is 12.5. The van der Waals surface area contributed by atoms with E-state index >= 15 is 0 Å². The van der Waals surface area contributed by atoms with Crippen molar-refractivity contribution >= 4 is 0 Å². The van der Waals surface area contributed by atoms with Crippen LogP contribution in [0.25, 0.3) is 0 Å². The number of aliphatic hydroxyl groups excluding tert-OH is 1. The van der Waals surface area contributed by atoms with E-state index in [1.807, 2.05) is 4.68 Å². The first-order valence-corrected chi connectivity index (χ1v) is 6.39. The number of ether oxygens (including phenoxy) is 1. The highest BCUT2D eigenvalue weighted by Gasteiger charge is 2.40. The maximum Gasteiger partial charge on any atom is 0.160 e. The fraction of sp³-hybridized carbons (Fsp3) is 0.769. The number of hydrogen-bond donors (Lipinski definition) is 1. The molecule has 1 aliphatic carbocycles. The Morgan fingerprint density at radius 2 is 2.41 bits per heavy atom. The average molecular weight is 238 g/mol. The number of rotatable bonds is 4. The molecule has 0 amide bonds. The minimum atomic E-state index is -0.185. The Morgan fingerprint density at radius 3 is 2.94 bits per heavy atom. The van der Waals surface area contributed by atoms with Crippen molar-refractivity contribution < 1.29 is 9.84 Å². The van der Waals surface area contributed by atoms with Crippen molar-refractivity contribution in [3.05, 3.63) is 11.9 Å². The number of aryl methyl sites for hydroxylation is 1. The molecule has 4 heteroatoms. The molecule has 0 bridgehead atoms. The van der Waals surface area contributed by atoms with Gasteiger partial charge >= 0.3 is 0 Å². The van der Waals surface area contributed by atoms with E-state index in [1.54, 1.807) is 13.3 Å². The van der Waals surface area contributed by atoms with E-state index in [4.69, 9.17) is 4.74 Å². The molecule has 0 aliphatic heterocycles. The van der Waals surface area contributed by atoms with Crippen LogP contribution in [-0.2, 0) is 12.0 Å². The number of nitrogens with zero attached hydrogens (tertiary/aromatic N) is 2. The Hall–Kier alpha value is -1.03. The van der Waals surface area contributed by atoms with Crippen molar-refractivity contribution in [2.45, 2.75) is 57.6 Å². The van der Waals surface area contributed by atoms with Gasteiger partial charge in [-0.2, -0.15) is 5.10 Å². The summed E-state index contributed by atoms with van der Waals surface area (Å²) in [4.78, 5) is 0. The molecule has 1 heterocycles. The highest BCUT2D eigenvalue weighted by molar-refractivity contribution is 5.33. The lowest BCUT2D eigenvalue weighted by Crippen LogP contribution is -2.24. The largest absolute Gasteiger partial charge is 0.493 e. The zero-order valence-corrected chi connectivity index (χ0v) is 10.9. The first-order chi connectivity index (χ1) is 8.10. The van der Waals surface area contributed by atoms with Gasteiger partial charge in [0.25, 0.3) is 0 Å². The maximum atomic E-state index is 9.78. The molecule has 0 aromatic carbocycles. The second-order valence-electron chi connectivity index (χ2n) is 5.24. The molecule has 1 aromatic heterocycles. The van der Waals surface area contributed by atoms with Crippen LogP contribution in [0.2, 0.25) is 0 Å². The second kappa shape index (κ2) is 4.69. The van der Waals surface area contributed by atoms with Gasteiger partial charge in [0.1, 0.15) is 0 Å². The first-order valence-electron chi connectivity index (χ1n) is 6.39. The summed E-state index contributed by atoms with van der Waals surface area (Å²) in [5, 5.41) is 14.2. The normalized spacial score (nSPS) is 28.6. The van der Waals surface area contributed by atoms with Gasteiger partial charge in [0.2, 0.25) is 0 Å². The van der Waals surface area contributed by atoms with Gasteiger partial charge in [-0.3, -0.25) is 4.68 Å². The topological polar surface area (TPSA) is 47.3 Å². The molecule has 1 N–H and O–H groups in total. The van der Waals surface area contributed by atoms with E-state index < -0.39 is 0 Å². The smallest absolute Gasteiger partial charge is 0.160 e. The molecule has 2 rings (SSSR count). The van der Waals surface area contributed by atoms with Crippen LogP contribution in [0, 0.1) is 0 Å². The molecular formula is C13H22N2O2. The Kier molecular flexibility index (Phi) is 3.43. The summed E-state index contributed by atoms with van der Waals surface area (Å²) < 4.78 is 7.46. The number of hydrogen-bond acceptors (Lipinski definition) is 3. The molecule has 0 saturated heterocycles. The van der Waals surface area contributed by atoms with Crippen LogP contribution < -0.4 is 4.74 Å². The van der Waals surface area contributed by atoms with Crippen LogP contribution in [0.3, 0.4) is 0 Å². The van der Waals surface area contributed by atoms with E-state index in [1.165, 1.54) is 0 Å². The minimum Gasteiger partial charge on any atom is -0.493 e. The summed E-state index contributed by atoms with van der Waals surface area (Å²) in [6, 6.07) is 0. The third kappa shape index (κ3) is 2.18. The number of methoxy groups -OCH3 is 1. The predicted molar refractivity (Wildman–Crippen MR) is 66.3 cm³/mol. The van der Waals surface area contributed by atoms with Crippen molar-refractivity contribution in [3.8, 4) is 5.75 Å². The zero-order valence-electron chi connectivity index (χ0n) is 10.9. The Bertz CT molecular complexity index is 389. The van der Waals surface area contributed by atoms with Crippen molar-refractivity contribution in [2.75, 3.05) is 7.11 Å². The van der Waals surface area contributed by atoms with Gasteiger partial charge in [0.05, 0.1) is 25.1 Å². The van der Waals surface area contributed by atoms with Crippen molar-refractivity contribution in [2.24, 2.45) is 0 Å². The van der Waals surface area contributed by atoms with Gasteiger partial charge < -0.3 is 9.84 Å². The van der Waals surface area contributed by atoms with E-state index in [9.17, 15) is 5.11 Å². The summed E-state index contributed by atoms with van der Waals surface area (Å²) in [7, 11) is 1.69. The standard InChI is InChI=1S/C13H22N2O2/c1-4-7-15-12(11(17-3)9-14-15)13(2)6-5-10(16)8-13/h9-10,16H,4-8H2,1-3H3. The summed E-state index contributed by atoms with van der Waals surface area (Å²) in [6.07, 6.45) is 5.34. The molecule has 2 unspecified atom stereocenters. The van der Waals surface area contributed by atoms with Crippen LogP contribution in [0.15, 0.2) is 6.20 Å². The fourth-order valence-electron chi connectivity index (χ4n) is 2.93. The summed E-state index contributed by atoms with van der Waals surface area (Å²) in [5.74, 6) is 0.857. The second-order valence-corrected chi connectivity index (χ2v) is 5.24. The molecule has 0 spiro atoms. The lowest BCUT2D eigenvalue weighted by atomic mass is 9.84. The van der Waals surface area contributed by atoms with Crippen molar-refractivity contribution in [1.29, 1.82) is 0 Å². The molecular weight excluding hydrogens is 216 g/mol. The van der Waals surface area contributed by atoms with Crippen LogP contribution >= 0.6 is 0 Å². The van der Waals surface area contributed by atoms with Gasteiger partial charge in [-0.1, -0.05) is 13.8 Å². The monoisotopic (exact) mass is 238 g/mol. The highest BCUT2D eigenvalue weighted by Crippen LogP contribution is 2.44. The molecule has 17 heavy (non-hydrogen) atoms. The SMILES string of the molecule is CCCn1ncc(OC)c1C1(C)CCC(O)C1. The van der Waals surface area contributed by atoms with Gasteiger partial charge in [0, 0.05) is 12.0 Å². The first kappa shape index (κ1) is 12.4. The van der Waals surface area contributed by atoms with E-state index in [-0.39, 0.29) is 11.5 Å². The van der Waals surface area contributed by atoms with E-state index in [0.717, 1.165) is 43.7 Å². The van der Waals surface area contributed by atoms with Crippen LogP contribution in [0.1, 0.15) is 45.2 Å². The maximum absolute atomic E-state index is 9.78. The summed E-state index contributed by atoms with van der Waals surface area (Å²) >= 11 is 0. The molecule has 1 fully saturated rings. The minimum absolute atomic E-state index is 0.00354. The van der Waals surface area contributed by atoms with E-state index in [0.29, 0.717) is 0 Å². The lowest BCUT2D eigenvalue weighted by Gasteiger charge is -2.26. The van der Waals surface area contributed by atoms with Gasteiger partial charge in [-0.05, 0) is 25.7 Å².